The molecule has 2 aliphatic rings. The van der Waals surface area contributed by atoms with E-state index in [1.54, 1.807) is 6.08 Å². The van der Waals surface area contributed by atoms with Crippen LogP contribution < -0.4 is 0 Å². The Morgan fingerprint density at radius 2 is 1.40 bits per heavy atom. The van der Waals surface area contributed by atoms with Gasteiger partial charge in [0, 0.05) is 0 Å². The third-order valence-corrected chi connectivity index (χ3v) is 5.97. The third-order valence-electron chi connectivity index (χ3n) is 5.97. The Morgan fingerprint density at radius 1 is 0.850 bits per heavy atom. The van der Waals surface area contributed by atoms with Gasteiger partial charge in [0.05, 0.1) is 6.33 Å². The summed E-state index contributed by atoms with van der Waals surface area (Å²) in [6, 6.07) is 0. The predicted octanol–water partition coefficient (Wildman–Crippen LogP) is 6.66. The van der Waals surface area contributed by atoms with Gasteiger partial charge in [0.1, 0.15) is 0 Å². The molecule has 0 unspecified atom stereocenters. The topological polar surface area (TPSA) is 0 Å². The fraction of sp³-hybridized carbons (Fsp3) is 0.895. The monoisotopic (exact) mass is 280 g/mol. The van der Waals surface area contributed by atoms with Crippen LogP contribution in [-0.2, 0) is 0 Å². The van der Waals surface area contributed by atoms with Gasteiger partial charge in [-0.3, -0.25) is 0 Å². The average molecular weight is 280 g/mol. The Bertz CT molecular complexity index is 267. The largest absolute Gasteiger partial charge is 0.216 e. The maximum Gasteiger partial charge on any atom is 0.0827 e. The Hall–Kier alpha value is -0.330. The van der Waals surface area contributed by atoms with Crippen LogP contribution in [0.2, 0.25) is 0 Å². The number of hydrogen-bond donors (Lipinski definition) is 0. The molecule has 0 heterocycles. The van der Waals surface area contributed by atoms with Gasteiger partial charge in [-0.05, 0) is 68.6 Å². The van der Waals surface area contributed by atoms with Crippen LogP contribution in [0.15, 0.2) is 12.4 Å². The molecule has 2 aliphatic carbocycles. The molecule has 20 heavy (non-hydrogen) atoms. The summed E-state index contributed by atoms with van der Waals surface area (Å²) in [5, 5.41) is 0. The van der Waals surface area contributed by atoms with E-state index in [4.69, 9.17) is 0 Å². The highest BCUT2D eigenvalue weighted by Gasteiger charge is 2.30. The molecule has 2 fully saturated rings. The molecule has 0 spiro atoms. The van der Waals surface area contributed by atoms with Crippen molar-refractivity contribution in [2.24, 2.45) is 23.7 Å². The second-order valence-corrected chi connectivity index (χ2v) is 7.30. The van der Waals surface area contributed by atoms with Crippen LogP contribution in [0.1, 0.15) is 84.0 Å². The molecule has 0 aromatic heterocycles. The molecule has 2 rings (SSSR count). The van der Waals surface area contributed by atoms with E-state index in [2.05, 4.69) is 6.92 Å². The molecule has 2 saturated carbocycles. The average Bonchev–Trinajstić information content (AvgIpc) is 2.52. The molecule has 0 aromatic rings. The van der Waals surface area contributed by atoms with Gasteiger partial charge in [0.2, 0.25) is 0 Å². The lowest BCUT2D eigenvalue weighted by molar-refractivity contribution is 0.143. The molecule has 0 atom stereocenters. The number of rotatable bonds is 6. The van der Waals surface area contributed by atoms with E-state index >= 15 is 0 Å². The zero-order valence-electron chi connectivity index (χ0n) is 13.3. The van der Waals surface area contributed by atoms with E-state index in [0.29, 0.717) is 0 Å². The zero-order chi connectivity index (χ0) is 14.2. The summed E-state index contributed by atoms with van der Waals surface area (Å²) in [7, 11) is 0. The minimum Gasteiger partial charge on any atom is -0.216 e. The van der Waals surface area contributed by atoms with Gasteiger partial charge in [0.25, 0.3) is 0 Å². The predicted molar refractivity (Wildman–Crippen MR) is 85.3 cm³/mol. The van der Waals surface area contributed by atoms with Gasteiger partial charge >= 0.3 is 0 Å². The Morgan fingerprint density at radius 3 is 1.90 bits per heavy atom. The van der Waals surface area contributed by atoms with Gasteiger partial charge in [-0.2, -0.15) is 0 Å². The molecule has 116 valence electrons. The van der Waals surface area contributed by atoms with Crippen LogP contribution in [0.3, 0.4) is 0 Å². The molecule has 0 N–H and O–H groups in total. The lowest BCUT2D eigenvalue weighted by atomic mass is 9.68. The first kappa shape index (κ1) is 16.0. The molecule has 0 aliphatic heterocycles. The SMILES string of the molecule is CCCC[C@H]1CC[C@H](C2CCC(C/C=C/F)CC2)CC1. The van der Waals surface area contributed by atoms with Gasteiger partial charge in [0.15, 0.2) is 0 Å². The number of hydrogen-bond acceptors (Lipinski definition) is 0. The lowest BCUT2D eigenvalue weighted by Crippen LogP contribution is -2.25. The van der Waals surface area contributed by atoms with Gasteiger partial charge in [-0.15, -0.1) is 0 Å². The van der Waals surface area contributed by atoms with Crippen molar-refractivity contribution in [1.29, 1.82) is 0 Å². The summed E-state index contributed by atoms with van der Waals surface area (Å²) >= 11 is 0. The second kappa shape index (κ2) is 8.85. The molecular weight excluding hydrogens is 247 g/mol. The van der Waals surface area contributed by atoms with Crippen molar-refractivity contribution in [3.63, 3.8) is 0 Å². The Labute approximate surface area is 125 Å². The fourth-order valence-electron chi connectivity index (χ4n) is 4.58. The van der Waals surface area contributed by atoms with Crippen molar-refractivity contribution < 1.29 is 4.39 Å². The summed E-state index contributed by atoms with van der Waals surface area (Å²) in [6.07, 6.45) is 19.2. The minimum atomic E-state index is 0.726. The van der Waals surface area contributed by atoms with Gasteiger partial charge < -0.3 is 0 Å². The summed E-state index contributed by atoms with van der Waals surface area (Å²) < 4.78 is 12.1. The first-order chi connectivity index (χ1) is 9.83. The minimum absolute atomic E-state index is 0.726. The summed E-state index contributed by atoms with van der Waals surface area (Å²) in [5.41, 5.74) is 0. The maximum absolute atomic E-state index is 12.1. The molecular formula is C19H33F. The fourth-order valence-corrected chi connectivity index (χ4v) is 4.58. The first-order valence-corrected chi connectivity index (χ1v) is 9.08. The number of unbranched alkanes of at least 4 members (excludes halogenated alkanes) is 1. The summed E-state index contributed by atoms with van der Waals surface area (Å²) in [4.78, 5) is 0. The normalized spacial score (nSPS) is 35.5. The zero-order valence-corrected chi connectivity index (χ0v) is 13.3. The molecule has 0 nitrogen and oxygen atoms in total. The second-order valence-electron chi connectivity index (χ2n) is 7.30. The van der Waals surface area contributed by atoms with Crippen LogP contribution in [0.25, 0.3) is 0 Å². The van der Waals surface area contributed by atoms with Crippen LogP contribution in [0, 0.1) is 23.7 Å². The Kier molecular flexibility index (Phi) is 7.10. The van der Waals surface area contributed by atoms with E-state index < -0.39 is 0 Å². The van der Waals surface area contributed by atoms with Crippen molar-refractivity contribution in [3.05, 3.63) is 12.4 Å². The molecule has 0 bridgehead atoms. The van der Waals surface area contributed by atoms with Crippen molar-refractivity contribution in [3.8, 4) is 0 Å². The van der Waals surface area contributed by atoms with Crippen molar-refractivity contribution >= 4 is 0 Å². The highest BCUT2D eigenvalue weighted by molar-refractivity contribution is 4.85. The van der Waals surface area contributed by atoms with Crippen LogP contribution in [0.4, 0.5) is 4.39 Å². The van der Waals surface area contributed by atoms with Crippen molar-refractivity contribution in [2.75, 3.05) is 0 Å². The van der Waals surface area contributed by atoms with Crippen molar-refractivity contribution in [2.45, 2.75) is 84.0 Å². The summed E-state index contributed by atoms with van der Waals surface area (Å²) in [5.74, 6) is 3.81. The third kappa shape index (κ3) is 4.90. The van der Waals surface area contributed by atoms with E-state index in [-0.39, 0.29) is 0 Å². The molecule has 0 amide bonds. The molecule has 0 aromatic carbocycles. The van der Waals surface area contributed by atoms with E-state index in [0.717, 1.165) is 36.4 Å². The Balaban J connectivity index is 1.65. The molecule has 1 heteroatoms. The van der Waals surface area contributed by atoms with Crippen LogP contribution in [0.5, 0.6) is 0 Å². The molecule has 0 saturated heterocycles. The smallest absolute Gasteiger partial charge is 0.0827 e. The van der Waals surface area contributed by atoms with Crippen LogP contribution >= 0.6 is 0 Å². The number of allylic oxidation sites excluding steroid dienone is 1. The highest BCUT2D eigenvalue weighted by Crippen LogP contribution is 2.42. The van der Waals surface area contributed by atoms with Gasteiger partial charge in [-0.25, -0.2) is 4.39 Å². The van der Waals surface area contributed by atoms with E-state index in [9.17, 15) is 4.39 Å². The molecule has 0 radical (unpaired) electrons. The standard InChI is InChI=1S/C19H33F/c1-2-3-5-16-7-11-18(12-8-16)19-13-9-17(10-14-19)6-4-15-20/h4,15-19H,2-3,5-14H2,1H3/b15-4+/t16-,17?,18-,19?. The first-order valence-electron chi connectivity index (χ1n) is 9.08. The summed E-state index contributed by atoms with van der Waals surface area (Å²) in [6.45, 7) is 2.31. The van der Waals surface area contributed by atoms with Gasteiger partial charge in [-0.1, -0.05) is 45.1 Å². The quantitative estimate of drug-likeness (QED) is 0.510. The van der Waals surface area contributed by atoms with E-state index in [1.807, 2.05) is 0 Å². The van der Waals surface area contributed by atoms with Crippen molar-refractivity contribution in [1.82, 2.24) is 0 Å². The highest BCUT2D eigenvalue weighted by atomic mass is 19.1. The lowest BCUT2D eigenvalue weighted by Gasteiger charge is -2.37. The van der Waals surface area contributed by atoms with Crippen LogP contribution in [-0.4, -0.2) is 0 Å². The maximum atomic E-state index is 12.1. The van der Waals surface area contributed by atoms with E-state index in [1.165, 1.54) is 70.6 Å². The number of halogens is 1.